The highest BCUT2D eigenvalue weighted by Crippen LogP contribution is 2.25. The summed E-state index contributed by atoms with van der Waals surface area (Å²) < 4.78 is 0. The summed E-state index contributed by atoms with van der Waals surface area (Å²) in [6.07, 6.45) is 0.717. The third-order valence-corrected chi connectivity index (χ3v) is 3.83. The fourth-order valence-corrected chi connectivity index (χ4v) is 2.62. The van der Waals surface area contributed by atoms with Gasteiger partial charge in [-0.2, -0.15) is 0 Å². The molecule has 0 bridgehead atoms. The van der Waals surface area contributed by atoms with Crippen molar-refractivity contribution in [2.75, 3.05) is 5.43 Å². The van der Waals surface area contributed by atoms with Crippen molar-refractivity contribution in [2.24, 2.45) is 5.84 Å². The monoisotopic (exact) mass is 284 g/mol. The lowest BCUT2D eigenvalue weighted by Crippen LogP contribution is -2.15. The van der Waals surface area contributed by atoms with Crippen LogP contribution in [-0.2, 0) is 6.42 Å². The molecule has 2 rings (SSSR count). The molecule has 0 radical (unpaired) electrons. The Morgan fingerprint density at radius 3 is 2.38 bits per heavy atom. The highest BCUT2D eigenvalue weighted by Gasteiger charge is 2.14. The molecule has 1 heterocycles. The highest BCUT2D eigenvalue weighted by molar-refractivity contribution is 5.47. The number of nitrogens with two attached hydrogens (primary N) is 1. The van der Waals surface area contributed by atoms with Crippen molar-refractivity contribution in [2.45, 2.75) is 47.0 Å². The molecule has 1 aromatic carbocycles. The summed E-state index contributed by atoms with van der Waals surface area (Å²) >= 11 is 0. The first-order valence-corrected chi connectivity index (χ1v) is 7.32. The fraction of sp³-hybridized carbons (Fsp3) is 0.412. The normalized spacial score (nSPS) is 11.0. The van der Waals surface area contributed by atoms with Gasteiger partial charge >= 0.3 is 0 Å². The Kier molecular flexibility index (Phi) is 4.58. The maximum Gasteiger partial charge on any atom is 0.147 e. The van der Waals surface area contributed by atoms with Gasteiger partial charge < -0.3 is 5.43 Å². The number of rotatable bonds is 4. The molecule has 0 spiro atoms. The van der Waals surface area contributed by atoms with Crippen LogP contribution >= 0.6 is 0 Å². The van der Waals surface area contributed by atoms with Crippen molar-refractivity contribution in [3.8, 4) is 0 Å². The van der Waals surface area contributed by atoms with Gasteiger partial charge in [-0.05, 0) is 43.4 Å². The average Bonchev–Trinajstić information content (AvgIpc) is 2.41. The van der Waals surface area contributed by atoms with Crippen molar-refractivity contribution in [3.05, 3.63) is 52.0 Å². The van der Waals surface area contributed by atoms with Gasteiger partial charge in [0.25, 0.3) is 0 Å². The number of nitrogens with one attached hydrogen (secondary N) is 1. The van der Waals surface area contributed by atoms with Gasteiger partial charge in [0.15, 0.2) is 0 Å². The standard InChI is InChI=1S/C17H24N4/c1-10(2)16-13(5)19-15(20-17(16)21-18)9-14-7-6-11(3)12(4)8-14/h6-8,10H,9,18H2,1-5H3,(H,19,20,21). The van der Waals surface area contributed by atoms with Crippen LogP contribution < -0.4 is 11.3 Å². The Hall–Kier alpha value is -1.94. The number of hydrogen-bond acceptors (Lipinski definition) is 4. The summed E-state index contributed by atoms with van der Waals surface area (Å²) in [7, 11) is 0. The lowest BCUT2D eigenvalue weighted by molar-refractivity contribution is 0.811. The van der Waals surface area contributed by atoms with Crippen molar-refractivity contribution >= 4 is 5.82 Å². The maximum atomic E-state index is 5.62. The average molecular weight is 284 g/mol. The first kappa shape index (κ1) is 15.4. The summed E-state index contributed by atoms with van der Waals surface area (Å²) in [5.74, 6) is 7.49. The molecule has 0 amide bonds. The third-order valence-electron chi connectivity index (χ3n) is 3.83. The number of hydrogen-bond donors (Lipinski definition) is 2. The van der Waals surface area contributed by atoms with Crippen molar-refractivity contribution < 1.29 is 0 Å². The van der Waals surface area contributed by atoms with E-state index < -0.39 is 0 Å². The smallest absolute Gasteiger partial charge is 0.147 e. The molecular formula is C17H24N4. The molecule has 112 valence electrons. The fourth-order valence-electron chi connectivity index (χ4n) is 2.62. The molecule has 0 fully saturated rings. The lowest BCUT2D eigenvalue weighted by atomic mass is 10.0. The Labute approximate surface area is 126 Å². The molecule has 21 heavy (non-hydrogen) atoms. The quantitative estimate of drug-likeness (QED) is 0.667. The van der Waals surface area contributed by atoms with E-state index in [1.807, 2.05) is 6.92 Å². The zero-order valence-electron chi connectivity index (χ0n) is 13.5. The van der Waals surface area contributed by atoms with Crippen LogP contribution in [0.3, 0.4) is 0 Å². The second-order valence-electron chi connectivity index (χ2n) is 5.88. The number of aryl methyl sites for hydroxylation is 3. The van der Waals surface area contributed by atoms with Gasteiger partial charge in [-0.25, -0.2) is 15.8 Å². The van der Waals surface area contributed by atoms with E-state index in [0.29, 0.717) is 5.92 Å². The predicted octanol–water partition coefficient (Wildman–Crippen LogP) is 3.40. The van der Waals surface area contributed by atoms with E-state index in [9.17, 15) is 0 Å². The second kappa shape index (κ2) is 6.22. The first-order valence-electron chi connectivity index (χ1n) is 7.32. The van der Waals surface area contributed by atoms with Gasteiger partial charge in [-0.1, -0.05) is 32.0 Å². The Balaban J connectivity index is 2.36. The minimum atomic E-state index is 0.340. The van der Waals surface area contributed by atoms with E-state index in [1.54, 1.807) is 0 Å². The molecule has 0 saturated carbocycles. The molecule has 0 aliphatic heterocycles. The number of nitrogen functional groups attached to an aromatic ring is 1. The molecule has 0 aliphatic carbocycles. The number of benzene rings is 1. The molecule has 1 aromatic heterocycles. The van der Waals surface area contributed by atoms with Gasteiger partial charge in [0, 0.05) is 17.7 Å². The van der Waals surface area contributed by atoms with E-state index in [0.717, 1.165) is 29.3 Å². The van der Waals surface area contributed by atoms with Crippen molar-refractivity contribution in [3.63, 3.8) is 0 Å². The highest BCUT2D eigenvalue weighted by atomic mass is 15.3. The zero-order chi connectivity index (χ0) is 15.6. The molecule has 0 saturated heterocycles. The van der Waals surface area contributed by atoms with E-state index in [-0.39, 0.29) is 0 Å². The molecule has 0 atom stereocenters. The van der Waals surface area contributed by atoms with E-state index in [1.165, 1.54) is 16.7 Å². The molecule has 4 nitrogen and oxygen atoms in total. The molecular weight excluding hydrogens is 260 g/mol. The van der Waals surface area contributed by atoms with Crippen molar-refractivity contribution in [1.82, 2.24) is 9.97 Å². The van der Waals surface area contributed by atoms with Crippen molar-refractivity contribution in [1.29, 1.82) is 0 Å². The summed E-state index contributed by atoms with van der Waals surface area (Å²) in [5, 5.41) is 0. The molecule has 4 heteroatoms. The van der Waals surface area contributed by atoms with Gasteiger partial charge in [0.1, 0.15) is 11.6 Å². The summed E-state index contributed by atoms with van der Waals surface area (Å²) in [6, 6.07) is 6.47. The van der Waals surface area contributed by atoms with Gasteiger partial charge in [0.2, 0.25) is 0 Å². The zero-order valence-corrected chi connectivity index (χ0v) is 13.5. The summed E-state index contributed by atoms with van der Waals surface area (Å²) in [5.41, 5.74) is 8.60. The predicted molar refractivity (Wildman–Crippen MR) is 87.4 cm³/mol. The minimum Gasteiger partial charge on any atom is -0.308 e. The van der Waals surface area contributed by atoms with Crippen LogP contribution in [0.1, 0.15) is 53.5 Å². The molecule has 3 N–H and O–H groups in total. The van der Waals surface area contributed by atoms with Crippen LogP contribution in [0.4, 0.5) is 5.82 Å². The number of anilines is 1. The molecule has 2 aromatic rings. The number of hydrazine groups is 1. The number of nitrogens with zero attached hydrogens (tertiary/aromatic N) is 2. The summed E-state index contributed by atoms with van der Waals surface area (Å²) in [4.78, 5) is 9.22. The Bertz CT molecular complexity index is 647. The van der Waals surface area contributed by atoms with Crippen LogP contribution in [-0.4, -0.2) is 9.97 Å². The minimum absolute atomic E-state index is 0.340. The SMILES string of the molecule is Cc1ccc(Cc2nc(C)c(C(C)C)c(NN)n2)cc1C. The Morgan fingerprint density at radius 2 is 1.81 bits per heavy atom. The molecule has 0 aliphatic rings. The van der Waals surface area contributed by atoms with E-state index in [2.05, 4.69) is 61.3 Å². The maximum absolute atomic E-state index is 5.62. The Morgan fingerprint density at radius 1 is 1.10 bits per heavy atom. The van der Waals surface area contributed by atoms with Crippen LogP contribution in [0.2, 0.25) is 0 Å². The van der Waals surface area contributed by atoms with E-state index in [4.69, 9.17) is 5.84 Å². The number of aromatic nitrogens is 2. The van der Waals surface area contributed by atoms with Gasteiger partial charge in [-0.15, -0.1) is 0 Å². The van der Waals surface area contributed by atoms with Gasteiger partial charge in [0.05, 0.1) is 0 Å². The van der Waals surface area contributed by atoms with E-state index >= 15 is 0 Å². The third kappa shape index (κ3) is 3.39. The lowest BCUT2D eigenvalue weighted by Gasteiger charge is -2.15. The summed E-state index contributed by atoms with van der Waals surface area (Å²) in [6.45, 7) is 10.5. The van der Waals surface area contributed by atoms with Crippen LogP contribution in [0, 0.1) is 20.8 Å². The first-order chi connectivity index (χ1) is 9.92. The van der Waals surface area contributed by atoms with Crippen LogP contribution in [0.15, 0.2) is 18.2 Å². The topological polar surface area (TPSA) is 63.8 Å². The van der Waals surface area contributed by atoms with Crippen LogP contribution in [0.5, 0.6) is 0 Å². The molecule has 0 unspecified atom stereocenters. The second-order valence-corrected chi connectivity index (χ2v) is 5.88. The van der Waals surface area contributed by atoms with Crippen LogP contribution in [0.25, 0.3) is 0 Å². The van der Waals surface area contributed by atoms with Gasteiger partial charge in [-0.3, -0.25) is 0 Å². The largest absolute Gasteiger partial charge is 0.308 e.